The van der Waals surface area contributed by atoms with Crippen LogP contribution in [-0.4, -0.2) is 64.2 Å². The van der Waals surface area contributed by atoms with Crippen molar-refractivity contribution >= 4 is 17.8 Å². The Morgan fingerprint density at radius 2 is 1.74 bits per heavy atom. The highest BCUT2D eigenvalue weighted by Gasteiger charge is 2.54. The number of likely N-dealkylation sites (tertiary alicyclic amines) is 1. The summed E-state index contributed by atoms with van der Waals surface area (Å²) in [6.07, 6.45) is 3.89. The predicted octanol–water partition coefficient (Wildman–Crippen LogP) is 1.73. The van der Waals surface area contributed by atoms with E-state index in [9.17, 15) is 19.5 Å². The Balaban J connectivity index is 1.54. The van der Waals surface area contributed by atoms with Gasteiger partial charge in [0.2, 0.25) is 5.91 Å². The molecular weight excluding hydrogens is 348 g/mol. The van der Waals surface area contributed by atoms with Crippen LogP contribution < -0.4 is 0 Å². The molecule has 0 unspecified atom stereocenters. The van der Waals surface area contributed by atoms with Gasteiger partial charge in [0, 0.05) is 37.4 Å². The zero-order valence-electron chi connectivity index (χ0n) is 15.2. The minimum atomic E-state index is -1.07. The summed E-state index contributed by atoms with van der Waals surface area (Å²) in [7, 11) is 0. The average Bonchev–Trinajstić information content (AvgIpc) is 3.00. The Labute approximate surface area is 157 Å². The van der Waals surface area contributed by atoms with Crippen molar-refractivity contribution in [2.24, 2.45) is 5.92 Å². The molecule has 2 amide bonds. The third-order valence-corrected chi connectivity index (χ3v) is 6.10. The molecular formula is C20H24N2O5. The summed E-state index contributed by atoms with van der Waals surface area (Å²) in [6.45, 7) is 0.949. The molecule has 1 saturated carbocycles. The smallest absolute Gasteiger partial charge is 0.328 e. The van der Waals surface area contributed by atoms with E-state index in [2.05, 4.69) is 0 Å². The van der Waals surface area contributed by atoms with E-state index < -0.39 is 17.7 Å². The van der Waals surface area contributed by atoms with Crippen LogP contribution in [0.3, 0.4) is 0 Å². The Hall–Kier alpha value is -2.41. The van der Waals surface area contributed by atoms with E-state index in [4.69, 9.17) is 4.74 Å². The lowest BCUT2D eigenvalue weighted by molar-refractivity contribution is -0.151. The Morgan fingerprint density at radius 3 is 2.30 bits per heavy atom. The summed E-state index contributed by atoms with van der Waals surface area (Å²) in [5.74, 6) is -1.08. The Kier molecular flexibility index (Phi) is 4.63. The van der Waals surface area contributed by atoms with Crippen LogP contribution in [-0.2, 0) is 14.3 Å². The van der Waals surface area contributed by atoms with Gasteiger partial charge in [0.05, 0.1) is 6.61 Å². The van der Waals surface area contributed by atoms with Gasteiger partial charge in [-0.15, -0.1) is 0 Å². The number of benzene rings is 1. The number of hydrogen-bond donors (Lipinski definition) is 1. The molecule has 2 aliphatic heterocycles. The number of aliphatic carboxylic acids is 1. The molecule has 3 fully saturated rings. The van der Waals surface area contributed by atoms with Gasteiger partial charge in [-0.25, -0.2) is 4.79 Å². The molecule has 1 spiro atoms. The molecule has 27 heavy (non-hydrogen) atoms. The fourth-order valence-corrected chi connectivity index (χ4v) is 4.27. The molecule has 1 atom stereocenters. The van der Waals surface area contributed by atoms with Crippen molar-refractivity contribution in [3.8, 4) is 0 Å². The van der Waals surface area contributed by atoms with Crippen LogP contribution in [0.5, 0.6) is 0 Å². The van der Waals surface area contributed by atoms with Gasteiger partial charge in [-0.05, 0) is 25.0 Å². The van der Waals surface area contributed by atoms with E-state index in [1.807, 2.05) is 11.0 Å². The van der Waals surface area contributed by atoms with Crippen molar-refractivity contribution in [2.75, 3.05) is 19.7 Å². The molecule has 0 bridgehead atoms. The predicted molar refractivity (Wildman–Crippen MR) is 95.9 cm³/mol. The van der Waals surface area contributed by atoms with Gasteiger partial charge < -0.3 is 14.7 Å². The van der Waals surface area contributed by atoms with Crippen LogP contribution in [0, 0.1) is 5.92 Å². The van der Waals surface area contributed by atoms with Crippen molar-refractivity contribution < 1.29 is 24.2 Å². The number of carbonyl (C=O) groups excluding carboxylic acids is 2. The molecule has 4 rings (SSSR count). The molecule has 7 nitrogen and oxygen atoms in total. The van der Waals surface area contributed by atoms with Crippen LogP contribution in [0.1, 0.15) is 42.5 Å². The number of hydrogen-bond acceptors (Lipinski definition) is 4. The van der Waals surface area contributed by atoms with Gasteiger partial charge >= 0.3 is 5.97 Å². The third kappa shape index (κ3) is 3.10. The minimum absolute atomic E-state index is 0.0233. The average molecular weight is 372 g/mol. The van der Waals surface area contributed by atoms with Crippen molar-refractivity contribution in [3.63, 3.8) is 0 Å². The van der Waals surface area contributed by atoms with Gasteiger partial charge in [0.25, 0.3) is 5.91 Å². The number of amides is 2. The molecule has 7 heteroatoms. The van der Waals surface area contributed by atoms with Crippen molar-refractivity contribution in [2.45, 2.75) is 43.9 Å². The molecule has 1 aliphatic carbocycles. The van der Waals surface area contributed by atoms with Crippen molar-refractivity contribution in [1.29, 1.82) is 0 Å². The molecule has 1 aromatic carbocycles. The maximum Gasteiger partial charge on any atom is 0.328 e. The third-order valence-electron chi connectivity index (χ3n) is 6.10. The van der Waals surface area contributed by atoms with Gasteiger partial charge in [0.15, 0.2) is 6.04 Å². The van der Waals surface area contributed by atoms with Gasteiger partial charge in [0.1, 0.15) is 5.72 Å². The molecule has 1 aromatic rings. The summed E-state index contributed by atoms with van der Waals surface area (Å²) in [5.41, 5.74) is -0.506. The fraction of sp³-hybridized carbons (Fsp3) is 0.550. The fourth-order valence-electron chi connectivity index (χ4n) is 4.27. The second kappa shape index (κ2) is 6.96. The number of rotatable bonds is 3. The summed E-state index contributed by atoms with van der Waals surface area (Å²) >= 11 is 0. The number of piperidine rings is 1. The maximum atomic E-state index is 13.1. The van der Waals surface area contributed by atoms with E-state index in [-0.39, 0.29) is 24.3 Å². The van der Waals surface area contributed by atoms with Crippen molar-refractivity contribution in [3.05, 3.63) is 35.9 Å². The van der Waals surface area contributed by atoms with E-state index in [1.165, 1.54) is 4.90 Å². The molecule has 2 saturated heterocycles. The second-order valence-corrected chi connectivity index (χ2v) is 7.61. The quantitative estimate of drug-likeness (QED) is 0.873. The number of ether oxygens (including phenoxy) is 1. The highest BCUT2D eigenvalue weighted by atomic mass is 16.5. The first-order valence-electron chi connectivity index (χ1n) is 9.56. The lowest BCUT2D eigenvalue weighted by atomic mass is 9.83. The normalized spacial score (nSPS) is 24.7. The van der Waals surface area contributed by atoms with E-state index >= 15 is 0 Å². The summed E-state index contributed by atoms with van der Waals surface area (Å²) in [6, 6.07) is 7.68. The highest BCUT2D eigenvalue weighted by molar-refractivity contribution is 5.97. The Bertz CT molecular complexity index is 738. The zero-order chi connectivity index (χ0) is 19.0. The molecule has 144 valence electrons. The molecule has 3 aliphatic rings. The minimum Gasteiger partial charge on any atom is -0.480 e. The van der Waals surface area contributed by atoms with Crippen LogP contribution >= 0.6 is 0 Å². The molecule has 0 radical (unpaired) electrons. The Morgan fingerprint density at radius 1 is 1.07 bits per heavy atom. The molecule has 2 heterocycles. The van der Waals surface area contributed by atoms with Gasteiger partial charge in [-0.3, -0.25) is 14.5 Å². The van der Waals surface area contributed by atoms with Crippen LogP contribution in [0.15, 0.2) is 30.3 Å². The first-order chi connectivity index (χ1) is 13.0. The first-order valence-corrected chi connectivity index (χ1v) is 9.56. The van der Waals surface area contributed by atoms with E-state index in [1.54, 1.807) is 24.3 Å². The monoisotopic (exact) mass is 372 g/mol. The van der Waals surface area contributed by atoms with Crippen LogP contribution in [0.25, 0.3) is 0 Å². The first kappa shape index (κ1) is 18.0. The summed E-state index contributed by atoms with van der Waals surface area (Å²) in [4.78, 5) is 40.6. The lowest BCUT2D eigenvalue weighted by Gasteiger charge is -2.45. The number of nitrogens with zero attached hydrogens (tertiary/aromatic N) is 2. The second-order valence-electron chi connectivity index (χ2n) is 7.61. The van der Waals surface area contributed by atoms with Crippen LogP contribution in [0.4, 0.5) is 0 Å². The zero-order valence-corrected chi connectivity index (χ0v) is 15.2. The highest BCUT2D eigenvalue weighted by Crippen LogP contribution is 2.39. The molecule has 1 N–H and O–H groups in total. The summed E-state index contributed by atoms with van der Waals surface area (Å²) in [5, 5.41) is 9.61. The summed E-state index contributed by atoms with van der Waals surface area (Å²) < 4.78 is 5.93. The topological polar surface area (TPSA) is 87.2 Å². The number of carboxylic acid groups (broad SMARTS) is 1. The van der Waals surface area contributed by atoms with Crippen molar-refractivity contribution in [1.82, 2.24) is 9.80 Å². The lowest BCUT2D eigenvalue weighted by Crippen LogP contribution is -2.59. The molecule has 0 aromatic heterocycles. The van der Waals surface area contributed by atoms with Crippen LogP contribution in [0.2, 0.25) is 0 Å². The standard InChI is InChI=1S/C20H24N2O5/c23-17(14-7-4-8-14)21-11-9-20(10-12-21)22(16(13-27-20)19(25)26)18(24)15-5-2-1-3-6-15/h1-3,5-6,14,16H,4,7-13H2,(H,25,26)/t16-/m0/s1. The number of carboxylic acids is 1. The maximum absolute atomic E-state index is 13.1. The van der Waals surface area contributed by atoms with E-state index in [0.717, 1.165) is 19.3 Å². The number of carbonyl (C=O) groups is 3. The van der Waals surface area contributed by atoms with Gasteiger partial charge in [-0.1, -0.05) is 24.6 Å². The van der Waals surface area contributed by atoms with E-state index in [0.29, 0.717) is 31.5 Å². The largest absolute Gasteiger partial charge is 0.480 e. The SMILES string of the molecule is O=C(O)[C@@H]1COC2(CCN(C(=O)C3CCC3)CC2)N1C(=O)c1ccccc1. The van der Waals surface area contributed by atoms with Gasteiger partial charge in [-0.2, -0.15) is 0 Å².